The maximum Gasteiger partial charge on any atom is 0.387 e. The van der Waals surface area contributed by atoms with Gasteiger partial charge in [-0.05, 0) is 55.0 Å². The molecule has 0 unspecified atom stereocenters. The lowest BCUT2D eigenvalue weighted by atomic mass is 10.2. The number of hydrogen-bond donors (Lipinski definition) is 2. The van der Waals surface area contributed by atoms with Crippen LogP contribution in [0.2, 0.25) is 0 Å². The Morgan fingerprint density at radius 3 is 2.19 bits per heavy atom. The van der Waals surface area contributed by atoms with Crippen molar-refractivity contribution in [1.29, 1.82) is 0 Å². The highest BCUT2D eigenvalue weighted by Gasteiger charge is 2.11. The number of sulfonamides is 1. The van der Waals surface area contributed by atoms with Crippen LogP contribution in [0.5, 0.6) is 5.75 Å². The van der Waals surface area contributed by atoms with E-state index in [1.165, 1.54) is 48.5 Å². The molecule has 0 fully saturated rings. The number of unbranched alkanes of at least 4 members (excludes halogenated alkanes) is 1. The Morgan fingerprint density at radius 1 is 1.04 bits per heavy atom. The van der Waals surface area contributed by atoms with Crippen LogP contribution in [0.4, 0.5) is 20.2 Å². The van der Waals surface area contributed by atoms with E-state index in [-0.39, 0.29) is 11.5 Å². The molecule has 2 rings (SSSR count). The van der Waals surface area contributed by atoms with Gasteiger partial charge < -0.3 is 10.1 Å². The Kier molecular flexibility index (Phi) is 7.12. The summed E-state index contributed by atoms with van der Waals surface area (Å²) in [6.07, 6.45) is 1.34. The second kappa shape index (κ2) is 9.31. The summed E-state index contributed by atoms with van der Waals surface area (Å²) in [6.45, 7) is -1.01. The first-order valence-corrected chi connectivity index (χ1v) is 9.91. The van der Waals surface area contributed by atoms with E-state index in [0.717, 1.165) is 6.42 Å². The molecule has 0 heterocycles. The summed E-state index contributed by atoms with van der Waals surface area (Å²) < 4.78 is 54.7. The number of nitrogens with one attached hydrogen (secondary N) is 2. The maximum absolute atomic E-state index is 12.2. The van der Waals surface area contributed by atoms with Gasteiger partial charge in [0.25, 0.3) is 5.91 Å². The monoisotopic (exact) mass is 398 g/mol. The Hall–Kier alpha value is -2.68. The zero-order valence-corrected chi connectivity index (χ0v) is 15.4. The van der Waals surface area contributed by atoms with Gasteiger partial charge in [0.1, 0.15) is 5.75 Å². The van der Waals surface area contributed by atoms with E-state index in [0.29, 0.717) is 23.4 Å². The van der Waals surface area contributed by atoms with Crippen LogP contribution in [0.25, 0.3) is 0 Å². The standard InChI is InChI=1S/C18H20F2N2O4S/c1-2-3-12-27(24,25)22-15-6-4-13(5-7-15)17(23)21-14-8-10-16(11-9-14)26-18(19)20/h4-11,18,22H,2-3,12H2,1H3,(H,21,23). The highest BCUT2D eigenvalue weighted by molar-refractivity contribution is 7.92. The van der Waals surface area contributed by atoms with Gasteiger partial charge in [-0.15, -0.1) is 0 Å². The van der Waals surface area contributed by atoms with Crippen molar-refractivity contribution in [3.05, 3.63) is 54.1 Å². The fraction of sp³-hybridized carbons (Fsp3) is 0.278. The van der Waals surface area contributed by atoms with Crippen LogP contribution in [0, 0.1) is 0 Å². The van der Waals surface area contributed by atoms with E-state index < -0.39 is 22.5 Å². The molecule has 0 saturated heterocycles. The number of amides is 1. The molecule has 2 aromatic carbocycles. The van der Waals surface area contributed by atoms with E-state index in [2.05, 4.69) is 14.8 Å². The predicted octanol–water partition coefficient (Wildman–Crippen LogP) is 4.08. The van der Waals surface area contributed by atoms with Gasteiger partial charge in [0.15, 0.2) is 0 Å². The summed E-state index contributed by atoms with van der Waals surface area (Å²) in [6, 6.07) is 11.5. The highest BCUT2D eigenvalue weighted by atomic mass is 32.2. The van der Waals surface area contributed by atoms with Crippen molar-refractivity contribution in [2.24, 2.45) is 0 Å². The van der Waals surface area contributed by atoms with E-state index >= 15 is 0 Å². The third kappa shape index (κ3) is 6.86. The molecule has 0 atom stereocenters. The lowest BCUT2D eigenvalue weighted by Gasteiger charge is -2.09. The molecule has 0 radical (unpaired) electrons. The van der Waals surface area contributed by atoms with Crippen LogP contribution >= 0.6 is 0 Å². The molecule has 6 nitrogen and oxygen atoms in total. The maximum atomic E-state index is 12.2. The van der Waals surface area contributed by atoms with Crippen LogP contribution in [0.3, 0.4) is 0 Å². The third-order valence-corrected chi connectivity index (χ3v) is 4.90. The summed E-state index contributed by atoms with van der Waals surface area (Å²) in [5, 5.41) is 2.61. The van der Waals surface area contributed by atoms with Gasteiger partial charge in [-0.3, -0.25) is 9.52 Å². The van der Waals surface area contributed by atoms with Crippen molar-refractivity contribution in [3.63, 3.8) is 0 Å². The molecule has 0 saturated carbocycles. The summed E-state index contributed by atoms with van der Waals surface area (Å²) in [4.78, 5) is 12.2. The number of hydrogen-bond acceptors (Lipinski definition) is 4. The molecule has 0 aliphatic rings. The number of alkyl halides is 2. The molecule has 0 aliphatic carbocycles. The average Bonchev–Trinajstić information content (AvgIpc) is 2.61. The first kappa shape index (κ1) is 20.6. The van der Waals surface area contributed by atoms with E-state index in [4.69, 9.17) is 0 Å². The quantitative estimate of drug-likeness (QED) is 0.667. The lowest BCUT2D eigenvalue weighted by molar-refractivity contribution is -0.0498. The van der Waals surface area contributed by atoms with Crippen molar-refractivity contribution in [1.82, 2.24) is 0 Å². The number of rotatable bonds is 9. The number of benzene rings is 2. The largest absolute Gasteiger partial charge is 0.435 e. The molecule has 146 valence electrons. The smallest absolute Gasteiger partial charge is 0.387 e. The Labute approximate surface area is 156 Å². The molecular weight excluding hydrogens is 378 g/mol. The zero-order chi connectivity index (χ0) is 19.9. The van der Waals surface area contributed by atoms with E-state index in [9.17, 15) is 22.0 Å². The second-order valence-corrected chi connectivity index (χ2v) is 7.55. The molecule has 0 spiro atoms. The van der Waals surface area contributed by atoms with Gasteiger partial charge >= 0.3 is 6.61 Å². The van der Waals surface area contributed by atoms with Gasteiger partial charge in [-0.25, -0.2) is 8.42 Å². The van der Waals surface area contributed by atoms with Crippen LogP contribution < -0.4 is 14.8 Å². The molecule has 27 heavy (non-hydrogen) atoms. The van der Waals surface area contributed by atoms with Crippen molar-refractivity contribution < 1.29 is 26.7 Å². The number of halogens is 2. The van der Waals surface area contributed by atoms with Crippen LogP contribution in [0.15, 0.2) is 48.5 Å². The molecule has 2 aromatic rings. The minimum Gasteiger partial charge on any atom is -0.435 e. The van der Waals surface area contributed by atoms with Gasteiger partial charge in [0.05, 0.1) is 5.75 Å². The topological polar surface area (TPSA) is 84.5 Å². The molecule has 0 bridgehead atoms. The van der Waals surface area contributed by atoms with Crippen molar-refractivity contribution in [2.75, 3.05) is 15.8 Å². The van der Waals surface area contributed by atoms with E-state index in [1.54, 1.807) is 0 Å². The van der Waals surface area contributed by atoms with Crippen molar-refractivity contribution in [2.45, 2.75) is 26.4 Å². The number of carbonyl (C=O) groups is 1. The average molecular weight is 398 g/mol. The van der Waals surface area contributed by atoms with Crippen molar-refractivity contribution in [3.8, 4) is 5.75 Å². The lowest BCUT2D eigenvalue weighted by Crippen LogP contribution is -2.17. The Morgan fingerprint density at radius 2 is 1.63 bits per heavy atom. The van der Waals surface area contributed by atoms with Crippen LogP contribution in [-0.2, 0) is 10.0 Å². The normalized spacial score (nSPS) is 11.3. The van der Waals surface area contributed by atoms with E-state index in [1.807, 2.05) is 6.92 Å². The molecular formula is C18H20F2N2O4S. The number of ether oxygens (including phenoxy) is 1. The summed E-state index contributed by atoms with van der Waals surface area (Å²) in [7, 11) is -3.41. The zero-order valence-electron chi connectivity index (χ0n) is 14.6. The third-order valence-electron chi connectivity index (χ3n) is 3.52. The van der Waals surface area contributed by atoms with Gasteiger partial charge in [0, 0.05) is 16.9 Å². The minimum absolute atomic E-state index is 0.0114. The highest BCUT2D eigenvalue weighted by Crippen LogP contribution is 2.19. The van der Waals surface area contributed by atoms with Gasteiger partial charge in [-0.1, -0.05) is 13.3 Å². The molecule has 1 amide bonds. The second-order valence-electron chi connectivity index (χ2n) is 5.71. The van der Waals surface area contributed by atoms with Gasteiger partial charge in [0.2, 0.25) is 10.0 Å². The SMILES string of the molecule is CCCCS(=O)(=O)Nc1ccc(C(=O)Nc2ccc(OC(F)F)cc2)cc1. The Balaban J connectivity index is 1.97. The molecule has 0 aliphatic heterocycles. The Bertz CT molecular complexity index is 854. The summed E-state index contributed by atoms with van der Waals surface area (Å²) in [5.41, 5.74) is 1.10. The molecule has 9 heteroatoms. The fourth-order valence-electron chi connectivity index (χ4n) is 2.18. The number of anilines is 2. The summed E-state index contributed by atoms with van der Waals surface area (Å²) >= 11 is 0. The van der Waals surface area contributed by atoms with Gasteiger partial charge in [-0.2, -0.15) is 8.78 Å². The van der Waals surface area contributed by atoms with Crippen LogP contribution in [0.1, 0.15) is 30.1 Å². The van der Waals surface area contributed by atoms with Crippen LogP contribution in [-0.4, -0.2) is 26.7 Å². The van der Waals surface area contributed by atoms with Crippen molar-refractivity contribution >= 4 is 27.3 Å². The first-order chi connectivity index (χ1) is 12.8. The molecule has 2 N–H and O–H groups in total. The fourth-order valence-corrected chi connectivity index (χ4v) is 3.44. The summed E-state index contributed by atoms with van der Waals surface area (Å²) in [5.74, 6) is -0.391. The first-order valence-electron chi connectivity index (χ1n) is 8.26. The predicted molar refractivity (Wildman–Crippen MR) is 99.8 cm³/mol. The molecule has 0 aromatic heterocycles. The number of carbonyl (C=O) groups excluding carboxylic acids is 1. The minimum atomic E-state index is -3.41.